The van der Waals surface area contributed by atoms with Crippen LogP contribution < -0.4 is 5.32 Å². The lowest BCUT2D eigenvalue weighted by atomic mass is 9.33. The van der Waals surface area contributed by atoms with E-state index in [2.05, 4.69) is 75.0 Å². The summed E-state index contributed by atoms with van der Waals surface area (Å²) in [6.07, 6.45) is 7.46. The zero-order chi connectivity index (χ0) is 43.1. The number of aromatic nitrogens is 4. The number of ether oxygens (including phenoxy) is 1. The summed E-state index contributed by atoms with van der Waals surface area (Å²) >= 11 is 0. The maximum atomic E-state index is 14.4. The van der Waals surface area contributed by atoms with Gasteiger partial charge < -0.3 is 24.8 Å². The Balaban J connectivity index is 1.22. The van der Waals surface area contributed by atoms with Crippen molar-refractivity contribution in [3.8, 4) is 17.6 Å². The van der Waals surface area contributed by atoms with Crippen LogP contribution in [0.4, 0.5) is 0 Å². The summed E-state index contributed by atoms with van der Waals surface area (Å²) in [4.78, 5) is 43.9. The predicted octanol–water partition coefficient (Wildman–Crippen LogP) is 7.86. The van der Waals surface area contributed by atoms with Gasteiger partial charge in [0.15, 0.2) is 17.4 Å². The van der Waals surface area contributed by atoms with Gasteiger partial charge in [0.25, 0.3) is 0 Å². The number of rotatable bonds is 11. The highest BCUT2D eigenvalue weighted by atomic mass is 16.5. The smallest absolute Gasteiger partial charge is 0.309 e. The van der Waals surface area contributed by atoms with E-state index < -0.39 is 28.9 Å². The van der Waals surface area contributed by atoms with Crippen molar-refractivity contribution in [1.29, 1.82) is 5.26 Å². The summed E-state index contributed by atoms with van der Waals surface area (Å²) in [5, 5.41) is 44.4. The molecular weight excluding hydrogens is 745 g/mol. The van der Waals surface area contributed by atoms with Crippen molar-refractivity contribution in [1.82, 2.24) is 25.1 Å². The van der Waals surface area contributed by atoms with E-state index in [-0.39, 0.29) is 58.2 Å². The van der Waals surface area contributed by atoms with Crippen LogP contribution in [-0.2, 0) is 25.7 Å². The first-order valence-corrected chi connectivity index (χ1v) is 22.0. The van der Waals surface area contributed by atoms with Crippen LogP contribution >= 0.6 is 0 Å². The fraction of sp³-hybridized carbons (Fsp3) is 0.723. The number of likely N-dealkylation sites (N-methyl/N-ethyl adjacent to an activating group) is 1. The lowest BCUT2D eigenvalue weighted by molar-refractivity contribution is -0.235. The number of ketones is 1. The Kier molecular flexibility index (Phi) is 10.9. The lowest BCUT2D eigenvalue weighted by Crippen LogP contribution is -2.66. The van der Waals surface area contributed by atoms with E-state index >= 15 is 0 Å². The average molecular weight is 811 g/mol. The van der Waals surface area contributed by atoms with Crippen molar-refractivity contribution in [2.45, 2.75) is 145 Å². The third kappa shape index (κ3) is 6.50. The van der Waals surface area contributed by atoms with Crippen LogP contribution in [0.1, 0.15) is 144 Å². The number of aliphatic carboxylic acids is 1. The normalized spacial score (nSPS) is 34.3. The number of pyridine rings is 1. The summed E-state index contributed by atoms with van der Waals surface area (Å²) in [7, 11) is 1.88. The number of carbonyl (C=O) groups excluding carboxylic acids is 2. The number of esters is 1. The van der Waals surface area contributed by atoms with Gasteiger partial charge in [0.1, 0.15) is 24.0 Å². The Morgan fingerprint density at radius 2 is 1.75 bits per heavy atom. The van der Waals surface area contributed by atoms with Crippen LogP contribution in [0.2, 0.25) is 0 Å². The van der Waals surface area contributed by atoms with Gasteiger partial charge in [-0.3, -0.25) is 19.4 Å². The maximum absolute atomic E-state index is 14.4. The molecule has 2 heterocycles. The van der Waals surface area contributed by atoms with Crippen molar-refractivity contribution >= 4 is 17.7 Å². The van der Waals surface area contributed by atoms with Gasteiger partial charge in [-0.05, 0) is 135 Å². The number of nitriles is 1. The van der Waals surface area contributed by atoms with Crippen LogP contribution in [0.15, 0.2) is 29.5 Å². The molecular formula is C47H66N6O6. The first-order chi connectivity index (χ1) is 27.6. The molecule has 0 radical (unpaired) electrons. The number of hydrogen-bond donors (Lipinski definition) is 3. The minimum atomic E-state index is -1.19. The molecule has 1 unspecified atom stereocenters. The van der Waals surface area contributed by atoms with Crippen LogP contribution in [0, 0.1) is 67.5 Å². The van der Waals surface area contributed by atoms with Crippen molar-refractivity contribution < 1.29 is 29.3 Å². The summed E-state index contributed by atoms with van der Waals surface area (Å²) in [5.74, 6) is 0.513. The summed E-state index contributed by atoms with van der Waals surface area (Å²) in [5.41, 5.74) is 0.624. The zero-order valence-corrected chi connectivity index (χ0v) is 36.9. The maximum Gasteiger partial charge on any atom is 0.309 e. The second kappa shape index (κ2) is 14.9. The molecule has 0 aliphatic heterocycles. The highest BCUT2D eigenvalue weighted by Gasteiger charge is 2.71. The van der Waals surface area contributed by atoms with Crippen molar-refractivity contribution in [2.24, 2.45) is 56.2 Å². The molecule has 2 aromatic heterocycles. The number of aliphatic hydroxyl groups excluding tert-OH is 1. The molecule has 5 aliphatic carbocycles. The van der Waals surface area contributed by atoms with Gasteiger partial charge in [-0.1, -0.05) is 48.5 Å². The Labute approximate surface area is 350 Å². The van der Waals surface area contributed by atoms with Crippen LogP contribution in [0.3, 0.4) is 0 Å². The van der Waals surface area contributed by atoms with Gasteiger partial charge in [0.05, 0.1) is 17.4 Å². The number of carbonyl (C=O) groups is 3. The van der Waals surface area contributed by atoms with Crippen LogP contribution in [-0.4, -0.2) is 67.4 Å². The van der Waals surface area contributed by atoms with Crippen molar-refractivity contribution in [3.63, 3.8) is 0 Å². The zero-order valence-electron chi connectivity index (χ0n) is 36.9. The Morgan fingerprint density at radius 3 is 2.37 bits per heavy atom. The van der Waals surface area contributed by atoms with E-state index in [9.17, 15) is 29.9 Å². The molecule has 0 bridgehead atoms. The SMILES string of the molecule is CNCCn1c(-c2ccc(C#N)cn2)nnc1C(O)[C@@]12CC[C@]3(C)[C@H](CC[C@@H]4[C@@]5(C)CC[C@H](OC(=O)CC(C)(C)C(=O)O)C(C)(C)[C@@H]5CC[C@]43C)C1=C(C(C)C)C(=O)C2. The van der Waals surface area contributed by atoms with Gasteiger partial charge in [-0.15, -0.1) is 10.2 Å². The lowest BCUT2D eigenvalue weighted by Gasteiger charge is -2.72. The minimum absolute atomic E-state index is 0.00212. The first kappa shape index (κ1) is 43.1. The molecule has 4 saturated carbocycles. The van der Waals surface area contributed by atoms with Gasteiger partial charge in [0.2, 0.25) is 0 Å². The first-order valence-electron chi connectivity index (χ1n) is 22.0. The third-order valence-electron chi connectivity index (χ3n) is 17.1. The summed E-state index contributed by atoms with van der Waals surface area (Å²) in [6.45, 7) is 20.5. The Hall–Kier alpha value is -3.95. The summed E-state index contributed by atoms with van der Waals surface area (Å²) in [6, 6.07) is 5.59. The van der Waals surface area contributed by atoms with E-state index in [0.29, 0.717) is 54.3 Å². The third-order valence-corrected chi connectivity index (χ3v) is 17.1. The second-order valence-corrected chi connectivity index (χ2v) is 21.1. The van der Waals surface area contributed by atoms with Gasteiger partial charge in [-0.25, -0.2) is 0 Å². The molecule has 59 heavy (non-hydrogen) atoms. The molecule has 12 nitrogen and oxygen atoms in total. The number of nitrogens with one attached hydrogen (secondary N) is 1. The fourth-order valence-corrected chi connectivity index (χ4v) is 13.8. The topological polar surface area (TPSA) is 180 Å². The number of nitrogens with zero attached hydrogens (tertiary/aromatic N) is 5. The summed E-state index contributed by atoms with van der Waals surface area (Å²) < 4.78 is 8.13. The number of carboxylic acids is 1. The number of Topliss-reactive ketones (excluding diaryl/α,β-unsaturated/α-hetero) is 1. The predicted molar refractivity (Wildman–Crippen MR) is 222 cm³/mol. The minimum Gasteiger partial charge on any atom is -0.481 e. The standard InChI is InChI=1S/C47H66N6O6/c1-27(2)36-31(54)23-47(38(56)40-52-51-39(53(40)22-21-49-10)30-13-11-28(25-48)26-50-30)20-19-45(8)29(37(36)47)12-14-33-44(7)17-16-34(59-35(55)24-42(3,4)41(57)58)43(5,6)32(44)15-18-46(33,45)9/h11,13,26-27,29,32-34,38,49,56H,12,14-24H2,1-10H3,(H,57,58)/t29-,32+,33-,34+,38?,44+,45-,46-,47-/m1/s1. The van der Waals surface area contributed by atoms with Crippen LogP contribution in [0.5, 0.6) is 0 Å². The molecule has 9 atom stereocenters. The van der Waals surface area contributed by atoms with E-state index in [1.54, 1.807) is 26.0 Å². The molecule has 5 aliphatic rings. The largest absolute Gasteiger partial charge is 0.481 e. The fourth-order valence-electron chi connectivity index (χ4n) is 13.8. The van der Waals surface area contributed by atoms with Gasteiger partial charge >= 0.3 is 11.9 Å². The van der Waals surface area contributed by atoms with E-state index in [4.69, 9.17) is 4.74 Å². The molecule has 0 aromatic carbocycles. The molecule has 7 rings (SSSR count). The van der Waals surface area contributed by atoms with E-state index in [0.717, 1.165) is 56.1 Å². The van der Waals surface area contributed by atoms with Crippen molar-refractivity contribution in [3.05, 3.63) is 40.9 Å². The molecule has 0 saturated heterocycles. The van der Waals surface area contributed by atoms with Gasteiger partial charge in [-0.2, -0.15) is 5.26 Å². The monoisotopic (exact) mass is 811 g/mol. The molecule has 0 amide bonds. The van der Waals surface area contributed by atoms with E-state index in [1.165, 1.54) is 6.20 Å². The molecule has 320 valence electrons. The quantitative estimate of drug-likeness (QED) is 0.188. The Bertz CT molecular complexity index is 2080. The van der Waals surface area contributed by atoms with Crippen molar-refractivity contribution in [2.75, 3.05) is 13.6 Å². The highest BCUT2D eigenvalue weighted by Crippen LogP contribution is 2.77. The Morgan fingerprint density at radius 1 is 1.02 bits per heavy atom. The number of carboxylic acid groups (broad SMARTS) is 1. The highest BCUT2D eigenvalue weighted by molar-refractivity contribution is 6.00. The molecule has 0 spiro atoms. The van der Waals surface area contributed by atoms with E-state index in [1.807, 2.05) is 11.6 Å². The van der Waals surface area contributed by atoms with Gasteiger partial charge in [0, 0.05) is 36.5 Å². The number of fused-ring (bicyclic) bond motifs is 7. The van der Waals surface area contributed by atoms with Crippen LogP contribution in [0.25, 0.3) is 11.5 Å². The average Bonchev–Trinajstić information content (AvgIpc) is 3.73. The molecule has 2 aromatic rings. The number of aliphatic hydroxyl groups is 1. The number of hydrogen-bond acceptors (Lipinski definition) is 10. The molecule has 4 fully saturated rings. The second-order valence-electron chi connectivity index (χ2n) is 21.1. The molecule has 12 heteroatoms. The molecule has 3 N–H and O–H groups in total. The number of allylic oxidation sites excluding steroid dienone is 1.